The summed E-state index contributed by atoms with van der Waals surface area (Å²) < 4.78 is 50.8. The molecule has 0 aliphatic rings. The number of halogens is 4. The SMILES string of the molecule is CC(=O)c1cn([C@H](F)C(F)(F)F)c2ncccc12. The average Bonchev–Trinajstić information content (AvgIpc) is 2.66. The van der Waals surface area contributed by atoms with Gasteiger partial charge in [-0.25, -0.2) is 9.37 Å². The van der Waals surface area contributed by atoms with Crippen molar-refractivity contribution in [1.82, 2.24) is 9.55 Å². The van der Waals surface area contributed by atoms with Gasteiger partial charge in [-0.05, 0) is 19.1 Å². The van der Waals surface area contributed by atoms with E-state index in [2.05, 4.69) is 4.98 Å². The Balaban J connectivity index is 2.69. The molecule has 2 aromatic heterocycles. The lowest BCUT2D eigenvalue weighted by Gasteiger charge is -2.14. The zero-order valence-electron chi connectivity index (χ0n) is 9.20. The molecule has 18 heavy (non-hydrogen) atoms. The summed E-state index contributed by atoms with van der Waals surface area (Å²) in [6.07, 6.45) is -6.18. The Hall–Kier alpha value is -1.92. The van der Waals surface area contributed by atoms with Gasteiger partial charge < -0.3 is 0 Å². The van der Waals surface area contributed by atoms with Crippen molar-refractivity contribution < 1.29 is 22.4 Å². The number of Topliss-reactive ketones (excluding diaryl/α,β-unsaturated/α-hetero) is 1. The zero-order valence-corrected chi connectivity index (χ0v) is 9.20. The first kappa shape index (κ1) is 12.5. The first-order chi connectivity index (χ1) is 8.32. The van der Waals surface area contributed by atoms with Crippen molar-refractivity contribution in [3.63, 3.8) is 0 Å². The Bertz CT molecular complexity index is 603. The fraction of sp³-hybridized carbons (Fsp3) is 0.273. The minimum absolute atomic E-state index is 0.0185. The van der Waals surface area contributed by atoms with Gasteiger partial charge >= 0.3 is 6.18 Å². The minimum atomic E-state index is -5.04. The van der Waals surface area contributed by atoms with E-state index in [1.165, 1.54) is 25.3 Å². The Labute approximate surface area is 99.0 Å². The van der Waals surface area contributed by atoms with E-state index < -0.39 is 18.3 Å². The molecule has 0 aliphatic heterocycles. The molecule has 0 spiro atoms. The molecule has 1 atom stereocenters. The highest BCUT2D eigenvalue weighted by molar-refractivity contribution is 6.06. The number of aromatic nitrogens is 2. The van der Waals surface area contributed by atoms with Crippen LogP contribution >= 0.6 is 0 Å². The van der Waals surface area contributed by atoms with Gasteiger partial charge in [0.2, 0.25) is 0 Å². The van der Waals surface area contributed by atoms with Crippen LogP contribution in [0.5, 0.6) is 0 Å². The summed E-state index contributed by atoms with van der Waals surface area (Å²) in [5.74, 6) is -0.443. The van der Waals surface area contributed by atoms with Gasteiger partial charge in [0.05, 0.1) is 0 Å². The minimum Gasteiger partial charge on any atom is -0.294 e. The van der Waals surface area contributed by atoms with Crippen LogP contribution < -0.4 is 0 Å². The highest BCUT2D eigenvalue weighted by Crippen LogP contribution is 2.35. The molecular formula is C11H8F4N2O. The van der Waals surface area contributed by atoms with Crippen molar-refractivity contribution in [3.05, 3.63) is 30.1 Å². The number of alkyl halides is 4. The van der Waals surface area contributed by atoms with Crippen molar-refractivity contribution in [1.29, 1.82) is 0 Å². The van der Waals surface area contributed by atoms with Gasteiger partial charge in [-0.1, -0.05) is 0 Å². The van der Waals surface area contributed by atoms with Crippen molar-refractivity contribution in [2.45, 2.75) is 19.4 Å². The first-order valence-corrected chi connectivity index (χ1v) is 4.99. The second kappa shape index (κ2) is 4.08. The highest BCUT2D eigenvalue weighted by Gasteiger charge is 2.42. The standard InChI is InChI=1S/C11H8F4N2O/c1-6(18)8-5-17(10(12)11(13,14)15)9-7(8)3-2-4-16-9/h2-5,10H,1H3/t10-/m0/s1. The average molecular weight is 260 g/mol. The van der Waals surface area contributed by atoms with Crippen LogP contribution in [0.1, 0.15) is 23.6 Å². The second-order valence-electron chi connectivity index (χ2n) is 3.76. The molecule has 0 aliphatic carbocycles. The van der Waals surface area contributed by atoms with Crippen molar-refractivity contribution in [2.24, 2.45) is 0 Å². The normalized spacial score (nSPS) is 13.8. The third kappa shape index (κ3) is 1.96. The number of pyridine rings is 1. The van der Waals surface area contributed by atoms with E-state index in [-0.39, 0.29) is 16.6 Å². The molecule has 2 aromatic rings. The number of fused-ring (bicyclic) bond motifs is 1. The fourth-order valence-corrected chi connectivity index (χ4v) is 1.69. The summed E-state index contributed by atoms with van der Waals surface area (Å²) in [6, 6.07) is 2.90. The molecule has 0 bridgehead atoms. The largest absolute Gasteiger partial charge is 0.439 e. The predicted molar refractivity (Wildman–Crippen MR) is 55.9 cm³/mol. The molecule has 0 unspecified atom stereocenters. The molecule has 0 fully saturated rings. The van der Waals surface area contributed by atoms with Crippen LogP contribution in [0.25, 0.3) is 11.0 Å². The quantitative estimate of drug-likeness (QED) is 0.613. The fourth-order valence-electron chi connectivity index (χ4n) is 1.69. The van der Waals surface area contributed by atoms with Crippen LogP contribution in [0.15, 0.2) is 24.5 Å². The molecule has 7 heteroatoms. The Morgan fingerprint density at radius 1 is 1.44 bits per heavy atom. The topological polar surface area (TPSA) is 34.9 Å². The number of hydrogen-bond acceptors (Lipinski definition) is 2. The molecular weight excluding hydrogens is 252 g/mol. The van der Waals surface area contributed by atoms with Gasteiger partial charge in [-0.3, -0.25) is 9.36 Å². The molecule has 2 rings (SSSR count). The lowest BCUT2D eigenvalue weighted by molar-refractivity contribution is -0.203. The van der Waals surface area contributed by atoms with Crippen LogP contribution in [0.3, 0.4) is 0 Å². The maximum atomic E-state index is 13.3. The summed E-state index contributed by atoms with van der Waals surface area (Å²) in [5, 5.41) is 0.205. The summed E-state index contributed by atoms with van der Waals surface area (Å²) >= 11 is 0. The molecule has 2 heterocycles. The molecule has 96 valence electrons. The molecule has 3 nitrogen and oxygen atoms in total. The van der Waals surface area contributed by atoms with E-state index in [4.69, 9.17) is 0 Å². The van der Waals surface area contributed by atoms with Gasteiger partial charge in [0, 0.05) is 23.3 Å². The molecule has 0 amide bonds. The summed E-state index contributed by atoms with van der Waals surface area (Å²) in [5.41, 5.74) is -0.183. The smallest absolute Gasteiger partial charge is 0.294 e. The van der Waals surface area contributed by atoms with Crippen molar-refractivity contribution in [3.8, 4) is 0 Å². The Morgan fingerprint density at radius 3 is 2.67 bits per heavy atom. The second-order valence-corrected chi connectivity index (χ2v) is 3.76. The number of nitrogens with zero attached hydrogens (tertiary/aromatic N) is 2. The molecule has 0 saturated carbocycles. The van der Waals surface area contributed by atoms with Crippen LogP contribution in [-0.2, 0) is 0 Å². The number of carbonyl (C=O) groups excluding carboxylic acids is 1. The van der Waals surface area contributed by atoms with Gasteiger partial charge in [0.25, 0.3) is 6.30 Å². The van der Waals surface area contributed by atoms with E-state index in [1.54, 1.807) is 0 Å². The van der Waals surface area contributed by atoms with E-state index in [0.717, 1.165) is 6.20 Å². The number of ketones is 1. The molecule has 0 radical (unpaired) electrons. The lowest BCUT2D eigenvalue weighted by Crippen LogP contribution is -2.22. The van der Waals surface area contributed by atoms with E-state index in [9.17, 15) is 22.4 Å². The lowest BCUT2D eigenvalue weighted by atomic mass is 10.2. The monoisotopic (exact) mass is 260 g/mol. The Morgan fingerprint density at radius 2 is 2.11 bits per heavy atom. The van der Waals surface area contributed by atoms with Gasteiger partial charge in [0.15, 0.2) is 5.78 Å². The maximum absolute atomic E-state index is 13.3. The molecule has 0 aromatic carbocycles. The van der Waals surface area contributed by atoms with Crippen molar-refractivity contribution in [2.75, 3.05) is 0 Å². The van der Waals surface area contributed by atoms with Gasteiger partial charge in [-0.2, -0.15) is 13.2 Å². The number of carbonyl (C=O) groups is 1. The molecule has 0 saturated heterocycles. The van der Waals surface area contributed by atoms with E-state index >= 15 is 0 Å². The van der Waals surface area contributed by atoms with E-state index in [1.807, 2.05) is 0 Å². The zero-order chi connectivity index (χ0) is 13.5. The van der Waals surface area contributed by atoms with Crippen LogP contribution in [0.2, 0.25) is 0 Å². The third-order valence-corrected chi connectivity index (χ3v) is 2.48. The summed E-state index contributed by atoms with van der Waals surface area (Å²) in [6.45, 7) is 1.20. The Kier molecular flexibility index (Phi) is 2.84. The number of rotatable bonds is 2. The van der Waals surface area contributed by atoms with Crippen LogP contribution in [0.4, 0.5) is 17.6 Å². The van der Waals surface area contributed by atoms with E-state index in [0.29, 0.717) is 4.57 Å². The first-order valence-electron chi connectivity index (χ1n) is 4.99. The number of hydrogen-bond donors (Lipinski definition) is 0. The van der Waals surface area contributed by atoms with Crippen molar-refractivity contribution >= 4 is 16.8 Å². The maximum Gasteiger partial charge on any atom is 0.439 e. The van der Waals surface area contributed by atoms with Crippen LogP contribution in [-0.4, -0.2) is 21.5 Å². The summed E-state index contributed by atoms with van der Waals surface area (Å²) in [7, 11) is 0. The van der Waals surface area contributed by atoms with Gasteiger partial charge in [-0.15, -0.1) is 0 Å². The van der Waals surface area contributed by atoms with Gasteiger partial charge in [0.1, 0.15) is 5.65 Å². The predicted octanol–water partition coefficient (Wildman–Crippen LogP) is 3.27. The van der Waals surface area contributed by atoms with Crippen LogP contribution in [0, 0.1) is 0 Å². The highest BCUT2D eigenvalue weighted by atomic mass is 19.4. The molecule has 0 N–H and O–H groups in total. The third-order valence-electron chi connectivity index (χ3n) is 2.48. The summed E-state index contributed by atoms with van der Waals surface area (Å²) in [4.78, 5) is 15.0.